The maximum atomic E-state index is 5.38. The van der Waals surface area contributed by atoms with Crippen molar-refractivity contribution in [3.8, 4) is 0 Å². The molecule has 0 spiro atoms. The highest BCUT2D eigenvalue weighted by molar-refractivity contribution is 9.10. The second-order valence-electron chi connectivity index (χ2n) is 2.71. The fraction of sp³-hybridized carbons (Fsp3) is 0.500. The van der Waals surface area contributed by atoms with Crippen LogP contribution in [0.3, 0.4) is 0 Å². The van der Waals surface area contributed by atoms with Crippen LogP contribution in [0.2, 0.25) is 0 Å². The van der Waals surface area contributed by atoms with Gasteiger partial charge in [-0.15, -0.1) is 11.3 Å². The van der Waals surface area contributed by atoms with E-state index in [2.05, 4.69) is 26.7 Å². The molecule has 0 aliphatic carbocycles. The summed E-state index contributed by atoms with van der Waals surface area (Å²) in [5, 5.41) is 2.06. The second kappa shape index (κ2) is 5.72. The first-order valence-electron chi connectivity index (χ1n) is 3.95. The number of rotatable bonds is 5. The van der Waals surface area contributed by atoms with E-state index in [9.17, 15) is 0 Å². The summed E-state index contributed by atoms with van der Waals surface area (Å²) in [6, 6.07) is 2.22. The molecular formula is C8H13BrN2OS. The average molecular weight is 265 g/mol. The maximum Gasteiger partial charge on any atom is 0.0632 e. The highest BCUT2D eigenvalue weighted by Gasteiger charge is 2.10. The fourth-order valence-electron chi connectivity index (χ4n) is 1.06. The molecule has 3 N–H and O–H groups in total. The summed E-state index contributed by atoms with van der Waals surface area (Å²) >= 11 is 5.20. The molecule has 1 atom stereocenters. The van der Waals surface area contributed by atoms with Crippen molar-refractivity contribution in [3.05, 3.63) is 20.8 Å². The molecule has 1 rings (SSSR count). The van der Waals surface area contributed by atoms with Crippen LogP contribution in [0.1, 0.15) is 4.88 Å². The summed E-state index contributed by atoms with van der Waals surface area (Å²) in [4.78, 5) is 1.29. The Kier molecular flexibility index (Phi) is 4.90. The van der Waals surface area contributed by atoms with Crippen LogP contribution in [0.5, 0.6) is 0 Å². The van der Waals surface area contributed by atoms with Gasteiger partial charge in [-0.2, -0.15) is 0 Å². The molecule has 74 valence electrons. The third kappa shape index (κ3) is 3.36. The number of hydrazine groups is 1. The molecule has 1 unspecified atom stereocenters. The van der Waals surface area contributed by atoms with Gasteiger partial charge < -0.3 is 4.74 Å². The Bertz CT molecular complexity index is 254. The lowest BCUT2D eigenvalue weighted by molar-refractivity contribution is 0.166. The van der Waals surface area contributed by atoms with Crippen molar-refractivity contribution in [3.63, 3.8) is 0 Å². The Morgan fingerprint density at radius 3 is 3.00 bits per heavy atom. The first-order valence-corrected chi connectivity index (χ1v) is 5.62. The number of nitrogens with one attached hydrogen (secondary N) is 1. The second-order valence-corrected chi connectivity index (χ2v) is 4.57. The first kappa shape index (κ1) is 11.1. The monoisotopic (exact) mass is 264 g/mol. The largest absolute Gasteiger partial charge is 0.383 e. The quantitative estimate of drug-likeness (QED) is 0.627. The van der Waals surface area contributed by atoms with Crippen LogP contribution < -0.4 is 11.3 Å². The number of ether oxygens (including phenoxy) is 1. The van der Waals surface area contributed by atoms with E-state index in [1.54, 1.807) is 18.4 Å². The lowest BCUT2D eigenvalue weighted by Crippen LogP contribution is -2.39. The van der Waals surface area contributed by atoms with Gasteiger partial charge in [0.05, 0.1) is 6.61 Å². The molecule has 5 heteroatoms. The highest BCUT2D eigenvalue weighted by Crippen LogP contribution is 2.23. The van der Waals surface area contributed by atoms with Gasteiger partial charge in [-0.3, -0.25) is 11.3 Å². The molecule has 1 aromatic heterocycles. The molecule has 0 radical (unpaired) electrons. The number of nitrogens with two attached hydrogens (primary N) is 1. The van der Waals surface area contributed by atoms with E-state index < -0.39 is 0 Å². The van der Waals surface area contributed by atoms with Crippen LogP contribution in [0.25, 0.3) is 0 Å². The van der Waals surface area contributed by atoms with Gasteiger partial charge in [-0.25, -0.2) is 0 Å². The Hall–Kier alpha value is 0.0600. The first-order chi connectivity index (χ1) is 6.27. The number of methoxy groups -OCH3 is 1. The third-order valence-electron chi connectivity index (χ3n) is 1.73. The van der Waals surface area contributed by atoms with E-state index in [0.717, 1.165) is 10.9 Å². The number of thiophene rings is 1. The number of hydrogen-bond donors (Lipinski definition) is 2. The molecule has 1 heterocycles. The van der Waals surface area contributed by atoms with Gasteiger partial charge >= 0.3 is 0 Å². The van der Waals surface area contributed by atoms with Gasteiger partial charge in [-0.05, 0) is 27.4 Å². The summed E-state index contributed by atoms with van der Waals surface area (Å²) in [5.41, 5.74) is 2.73. The van der Waals surface area contributed by atoms with Gasteiger partial charge in [0.15, 0.2) is 0 Å². The van der Waals surface area contributed by atoms with Crippen LogP contribution in [0.4, 0.5) is 0 Å². The van der Waals surface area contributed by atoms with Crippen LogP contribution in [-0.4, -0.2) is 19.8 Å². The van der Waals surface area contributed by atoms with Crippen molar-refractivity contribution >= 4 is 27.3 Å². The molecule has 3 nitrogen and oxygen atoms in total. The van der Waals surface area contributed by atoms with Gasteiger partial charge in [0.2, 0.25) is 0 Å². The molecule has 1 aromatic rings. The SMILES string of the molecule is COCC(Cc1sccc1Br)NN. The highest BCUT2D eigenvalue weighted by atomic mass is 79.9. The van der Waals surface area contributed by atoms with Gasteiger partial charge in [0.1, 0.15) is 0 Å². The minimum atomic E-state index is 0.181. The predicted molar refractivity (Wildman–Crippen MR) is 58.7 cm³/mol. The van der Waals surface area contributed by atoms with Crippen LogP contribution in [0, 0.1) is 0 Å². The lowest BCUT2D eigenvalue weighted by Gasteiger charge is -2.13. The number of hydrogen-bond acceptors (Lipinski definition) is 4. The molecular weight excluding hydrogens is 252 g/mol. The molecule has 0 saturated carbocycles. The zero-order valence-electron chi connectivity index (χ0n) is 7.42. The lowest BCUT2D eigenvalue weighted by atomic mass is 10.2. The molecule has 0 aliphatic heterocycles. The predicted octanol–water partition coefficient (Wildman–Crippen LogP) is 1.53. The average Bonchev–Trinajstić information content (AvgIpc) is 2.51. The van der Waals surface area contributed by atoms with Crippen LogP contribution in [0.15, 0.2) is 15.9 Å². The van der Waals surface area contributed by atoms with E-state index in [1.807, 2.05) is 6.07 Å². The third-order valence-corrected chi connectivity index (χ3v) is 3.68. The minimum absolute atomic E-state index is 0.181. The zero-order valence-corrected chi connectivity index (χ0v) is 9.82. The topological polar surface area (TPSA) is 47.3 Å². The fourth-order valence-corrected chi connectivity index (χ4v) is 2.66. The van der Waals surface area contributed by atoms with E-state index in [0.29, 0.717) is 6.61 Å². The van der Waals surface area contributed by atoms with E-state index in [4.69, 9.17) is 10.6 Å². The summed E-state index contributed by atoms with van der Waals surface area (Å²) in [6.07, 6.45) is 0.891. The Morgan fingerprint density at radius 1 is 1.77 bits per heavy atom. The normalized spacial score (nSPS) is 13.2. The summed E-state index contributed by atoms with van der Waals surface area (Å²) in [5.74, 6) is 5.38. The van der Waals surface area contributed by atoms with Crippen molar-refractivity contribution in [1.82, 2.24) is 5.43 Å². The summed E-state index contributed by atoms with van der Waals surface area (Å²) in [6.45, 7) is 0.626. The van der Waals surface area contributed by atoms with Crippen LogP contribution >= 0.6 is 27.3 Å². The van der Waals surface area contributed by atoms with E-state index in [1.165, 1.54) is 4.88 Å². The van der Waals surface area contributed by atoms with Crippen molar-refractivity contribution in [2.24, 2.45) is 5.84 Å². The maximum absolute atomic E-state index is 5.38. The van der Waals surface area contributed by atoms with E-state index in [-0.39, 0.29) is 6.04 Å². The van der Waals surface area contributed by atoms with Crippen LogP contribution in [-0.2, 0) is 11.2 Å². The molecule has 13 heavy (non-hydrogen) atoms. The van der Waals surface area contributed by atoms with Gasteiger partial charge in [-0.1, -0.05) is 0 Å². The van der Waals surface area contributed by atoms with Crippen molar-refractivity contribution in [1.29, 1.82) is 0 Å². The van der Waals surface area contributed by atoms with Gasteiger partial charge in [0.25, 0.3) is 0 Å². The molecule has 0 saturated heterocycles. The molecule has 0 amide bonds. The Labute approximate surface area is 90.4 Å². The molecule has 0 aromatic carbocycles. The minimum Gasteiger partial charge on any atom is -0.383 e. The van der Waals surface area contributed by atoms with Crippen molar-refractivity contribution in [2.75, 3.05) is 13.7 Å². The van der Waals surface area contributed by atoms with Gasteiger partial charge in [0, 0.05) is 28.9 Å². The zero-order chi connectivity index (χ0) is 9.68. The Morgan fingerprint density at radius 2 is 2.54 bits per heavy atom. The number of halogens is 1. The smallest absolute Gasteiger partial charge is 0.0632 e. The molecule has 0 bridgehead atoms. The summed E-state index contributed by atoms with van der Waals surface area (Å²) in [7, 11) is 1.67. The molecule has 0 fully saturated rings. The van der Waals surface area contributed by atoms with Crippen molar-refractivity contribution in [2.45, 2.75) is 12.5 Å². The van der Waals surface area contributed by atoms with Crippen molar-refractivity contribution < 1.29 is 4.74 Å². The standard InChI is InChI=1S/C8H13BrN2OS/c1-12-5-6(11-10)4-8-7(9)2-3-13-8/h2-3,6,11H,4-5,10H2,1H3. The Balaban J connectivity index is 2.51. The van der Waals surface area contributed by atoms with E-state index >= 15 is 0 Å². The molecule has 0 aliphatic rings. The summed E-state index contributed by atoms with van der Waals surface area (Å²) < 4.78 is 6.18.